The summed E-state index contributed by atoms with van der Waals surface area (Å²) >= 11 is 0. The maximum absolute atomic E-state index is 5.22. The summed E-state index contributed by atoms with van der Waals surface area (Å²) in [7, 11) is 0. The number of rotatable bonds is 10. The third-order valence-corrected chi connectivity index (χ3v) is 7.80. The average molecular weight is 472 g/mol. The number of para-hydroxylation sites is 1. The van der Waals surface area contributed by atoms with E-state index in [1.165, 1.54) is 35.5 Å². The number of nitrogens with zero attached hydrogens (tertiary/aromatic N) is 5. The Labute approximate surface area is 211 Å². The fraction of sp³-hybridized carbons (Fsp3) is 0.500. The lowest BCUT2D eigenvalue weighted by Crippen LogP contribution is -2.47. The Morgan fingerprint density at radius 1 is 0.914 bits per heavy atom. The molecule has 2 heterocycles. The van der Waals surface area contributed by atoms with Crippen LogP contribution in [0.25, 0.3) is 5.69 Å². The number of anilines is 1. The van der Waals surface area contributed by atoms with E-state index in [4.69, 9.17) is 5.10 Å². The van der Waals surface area contributed by atoms with E-state index in [9.17, 15) is 0 Å². The smallest absolute Gasteiger partial charge is 0.137 e. The molecular weight excluding hydrogens is 430 g/mol. The van der Waals surface area contributed by atoms with Crippen LogP contribution in [-0.2, 0) is 13.0 Å². The number of hydrogen-bond acceptors (Lipinski definition) is 4. The molecule has 0 radical (unpaired) electrons. The minimum atomic E-state index is 0.516. The highest BCUT2D eigenvalue weighted by Crippen LogP contribution is 2.35. The van der Waals surface area contributed by atoms with E-state index >= 15 is 0 Å². The Kier molecular flexibility index (Phi) is 7.54. The van der Waals surface area contributed by atoms with E-state index in [2.05, 4.69) is 101 Å². The van der Waals surface area contributed by atoms with Crippen molar-refractivity contribution >= 4 is 5.82 Å². The highest BCUT2D eigenvalue weighted by molar-refractivity contribution is 5.56. The van der Waals surface area contributed by atoms with Crippen molar-refractivity contribution in [3.63, 3.8) is 0 Å². The molecule has 186 valence electrons. The zero-order chi connectivity index (χ0) is 24.2. The van der Waals surface area contributed by atoms with Gasteiger partial charge in [0.05, 0.1) is 11.4 Å². The molecule has 0 spiro atoms. The van der Waals surface area contributed by atoms with Gasteiger partial charge in [0.15, 0.2) is 0 Å². The van der Waals surface area contributed by atoms with E-state index in [1.807, 2.05) is 0 Å². The van der Waals surface area contributed by atoms with E-state index in [-0.39, 0.29) is 0 Å². The maximum atomic E-state index is 5.22. The molecule has 0 bridgehead atoms. The number of hydrogen-bond donors (Lipinski definition) is 0. The molecule has 1 aromatic heterocycles. The predicted molar refractivity (Wildman–Crippen MR) is 146 cm³/mol. The molecule has 2 fully saturated rings. The van der Waals surface area contributed by atoms with Crippen molar-refractivity contribution in [1.82, 2.24) is 19.6 Å². The van der Waals surface area contributed by atoms with E-state index in [0.29, 0.717) is 12.0 Å². The van der Waals surface area contributed by atoms with Crippen LogP contribution in [0.5, 0.6) is 0 Å². The Balaban J connectivity index is 1.48. The Morgan fingerprint density at radius 3 is 2.17 bits per heavy atom. The van der Waals surface area contributed by atoms with E-state index < -0.39 is 0 Å². The predicted octanol–water partition coefficient (Wildman–Crippen LogP) is 5.34. The molecule has 5 heteroatoms. The molecule has 1 saturated carbocycles. The molecule has 1 atom stereocenters. The van der Waals surface area contributed by atoms with Crippen molar-refractivity contribution in [2.24, 2.45) is 0 Å². The summed E-state index contributed by atoms with van der Waals surface area (Å²) in [5.74, 6) is 1.84. The molecule has 2 aliphatic rings. The van der Waals surface area contributed by atoms with Gasteiger partial charge in [-0.2, -0.15) is 5.10 Å². The van der Waals surface area contributed by atoms with Crippen LogP contribution in [0.1, 0.15) is 56.4 Å². The van der Waals surface area contributed by atoms with Gasteiger partial charge in [-0.05, 0) is 49.4 Å². The lowest BCUT2D eigenvalue weighted by molar-refractivity contribution is 0.240. The Hall–Kier alpha value is -2.63. The van der Waals surface area contributed by atoms with Gasteiger partial charge in [-0.1, -0.05) is 69.3 Å². The van der Waals surface area contributed by atoms with Crippen LogP contribution in [0, 0.1) is 0 Å². The lowest BCUT2D eigenvalue weighted by atomic mass is 10.00. The fourth-order valence-corrected chi connectivity index (χ4v) is 5.51. The topological polar surface area (TPSA) is 27.5 Å². The van der Waals surface area contributed by atoms with Crippen LogP contribution in [0.3, 0.4) is 0 Å². The summed E-state index contributed by atoms with van der Waals surface area (Å²) in [6, 6.07) is 22.4. The second-order valence-corrected chi connectivity index (χ2v) is 10.2. The second-order valence-electron chi connectivity index (χ2n) is 10.2. The molecule has 35 heavy (non-hydrogen) atoms. The van der Waals surface area contributed by atoms with Crippen LogP contribution in [-0.4, -0.2) is 64.9 Å². The number of likely N-dealkylation sites (N-methyl/N-ethyl adjacent to an activating group) is 1. The fourth-order valence-electron chi connectivity index (χ4n) is 5.51. The molecule has 5 rings (SSSR count). The van der Waals surface area contributed by atoms with Crippen LogP contribution in [0.4, 0.5) is 5.82 Å². The van der Waals surface area contributed by atoms with Crippen molar-refractivity contribution in [3.05, 3.63) is 77.5 Å². The molecule has 0 amide bonds. The van der Waals surface area contributed by atoms with Gasteiger partial charge in [0.25, 0.3) is 0 Å². The highest BCUT2D eigenvalue weighted by Gasteiger charge is 2.33. The molecule has 3 aromatic rings. The first-order valence-electron chi connectivity index (χ1n) is 13.6. The van der Waals surface area contributed by atoms with Crippen molar-refractivity contribution in [3.8, 4) is 5.69 Å². The minimum absolute atomic E-state index is 0.516. The molecular formula is C30H41N5. The quantitative estimate of drug-likeness (QED) is 0.399. The molecule has 1 aliphatic heterocycles. The molecule has 0 N–H and O–H groups in total. The number of aryl methyl sites for hydroxylation is 1. The first-order valence-corrected chi connectivity index (χ1v) is 13.6. The average Bonchev–Trinajstić information content (AvgIpc) is 3.70. The van der Waals surface area contributed by atoms with Gasteiger partial charge in [0, 0.05) is 50.9 Å². The minimum Gasteiger partial charge on any atom is -0.354 e. The van der Waals surface area contributed by atoms with Crippen LogP contribution < -0.4 is 4.90 Å². The molecule has 0 unspecified atom stereocenters. The summed E-state index contributed by atoms with van der Waals surface area (Å²) in [5, 5.41) is 5.22. The largest absolute Gasteiger partial charge is 0.354 e. The van der Waals surface area contributed by atoms with Crippen LogP contribution >= 0.6 is 0 Å². The highest BCUT2D eigenvalue weighted by atomic mass is 15.4. The molecule has 1 saturated heterocycles. The van der Waals surface area contributed by atoms with Crippen LogP contribution in [0.2, 0.25) is 0 Å². The molecule has 1 aliphatic carbocycles. The number of piperazine rings is 1. The summed E-state index contributed by atoms with van der Waals surface area (Å²) < 4.78 is 2.24. The van der Waals surface area contributed by atoms with Gasteiger partial charge >= 0.3 is 0 Å². The second kappa shape index (κ2) is 11.0. The van der Waals surface area contributed by atoms with Crippen LogP contribution in [0.15, 0.2) is 60.7 Å². The van der Waals surface area contributed by atoms with Gasteiger partial charge in [-0.15, -0.1) is 0 Å². The zero-order valence-electron chi connectivity index (χ0n) is 21.7. The maximum Gasteiger partial charge on any atom is 0.137 e. The van der Waals surface area contributed by atoms with Crippen molar-refractivity contribution in [1.29, 1.82) is 0 Å². The van der Waals surface area contributed by atoms with Gasteiger partial charge in [-0.25, -0.2) is 4.68 Å². The SMILES string of the molecule is CCc1nn(-c2ccccc2)c(N2CCN(CC)CC2)c1CN(C[C@H](C)c1ccccc1)C1CC1. The van der Waals surface area contributed by atoms with Crippen molar-refractivity contribution < 1.29 is 0 Å². The normalized spacial score (nSPS) is 17.8. The summed E-state index contributed by atoms with van der Waals surface area (Å²) in [6.07, 6.45) is 3.60. The monoisotopic (exact) mass is 471 g/mol. The Bertz CT molecular complexity index is 1060. The molecule has 5 nitrogen and oxygen atoms in total. The molecule has 2 aromatic carbocycles. The summed E-state index contributed by atoms with van der Waals surface area (Å²) in [5.41, 5.74) is 5.29. The van der Waals surface area contributed by atoms with Gasteiger partial charge in [-0.3, -0.25) is 4.90 Å². The van der Waals surface area contributed by atoms with E-state index in [1.54, 1.807) is 0 Å². The third kappa shape index (κ3) is 5.46. The van der Waals surface area contributed by atoms with Crippen molar-refractivity contribution in [2.45, 2.75) is 58.5 Å². The standard InChI is InChI=1S/C30H41N5/c1-4-29-28(23-34(26-16-17-26)22-24(3)25-12-8-6-9-13-25)30(33-20-18-32(5-2)19-21-33)35(31-29)27-14-10-7-11-15-27/h6-15,24,26H,4-5,16-23H2,1-3H3/t24-/m0/s1. The summed E-state index contributed by atoms with van der Waals surface area (Å²) in [6.45, 7) is 14.5. The Morgan fingerprint density at radius 2 is 1.57 bits per heavy atom. The van der Waals surface area contributed by atoms with E-state index in [0.717, 1.165) is 57.9 Å². The van der Waals surface area contributed by atoms with Gasteiger partial charge in [0.1, 0.15) is 5.82 Å². The zero-order valence-corrected chi connectivity index (χ0v) is 21.7. The number of benzene rings is 2. The first-order chi connectivity index (χ1) is 17.2. The summed E-state index contributed by atoms with van der Waals surface area (Å²) in [4.78, 5) is 7.90. The lowest BCUT2D eigenvalue weighted by Gasteiger charge is -2.36. The first kappa shape index (κ1) is 24.1. The number of aromatic nitrogens is 2. The van der Waals surface area contributed by atoms with Gasteiger partial charge in [0.2, 0.25) is 0 Å². The van der Waals surface area contributed by atoms with Crippen molar-refractivity contribution in [2.75, 3.05) is 44.2 Å². The third-order valence-electron chi connectivity index (χ3n) is 7.80. The van der Waals surface area contributed by atoms with Gasteiger partial charge < -0.3 is 9.80 Å².